The minimum Gasteiger partial charge on any atom is -0.506 e. The van der Waals surface area contributed by atoms with Gasteiger partial charge in [0.2, 0.25) is 5.91 Å². The van der Waals surface area contributed by atoms with E-state index in [1.54, 1.807) is 17.0 Å². The molecule has 3 aromatic rings. The average Bonchev–Trinajstić information content (AvgIpc) is 2.82. The Morgan fingerprint density at radius 2 is 1.89 bits per heavy atom. The number of hydrogen-bond acceptors (Lipinski definition) is 4. The summed E-state index contributed by atoms with van der Waals surface area (Å²) in [5.41, 5.74) is 6.72. The Bertz CT molecular complexity index is 1300. The van der Waals surface area contributed by atoms with Crippen molar-refractivity contribution in [1.29, 1.82) is 0 Å². The second-order valence-corrected chi connectivity index (χ2v) is 10.4. The number of anilines is 3. The topological polar surface area (TPSA) is 64.6 Å². The van der Waals surface area contributed by atoms with Crippen LogP contribution in [0.1, 0.15) is 30.9 Å². The largest absolute Gasteiger partial charge is 0.506 e. The summed E-state index contributed by atoms with van der Waals surface area (Å²) in [6, 6.07) is 15.3. The molecule has 188 valence electrons. The van der Waals surface area contributed by atoms with Crippen LogP contribution in [0.4, 0.5) is 17.1 Å². The van der Waals surface area contributed by atoms with Crippen LogP contribution in [0.5, 0.6) is 5.75 Å². The highest BCUT2D eigenvalue weighted by molar-refractivity contribution is 6.34. The molecule has 7 heteroatoms. The summed E-state index contributed by atoms with van der Waals surface area (Å²) in [6.07, 6.45) is 1.35. The van der Waals surface area contributed by atoms with Crippen LogP contribution in [0.2, 0.25) is 10.0 Å². The Morgan fingerprint density at radius 1 is 1.14 bits per heavy atom. The molecule has 0 spiro atoms. The number of rotatable bonds is 8. The number of para-hydroxylation sites is 1. The van der Waals surface area contributed by atoms with Crippen molar-refractivity contribution in [3.05, 3.63) is 82.4 Å². The van der Waals surface area contributed by atoms with Crippen LogP contribution in [-0.4, -0.2) is 35.5 Å². The highest BCUT2D eigenvalue weighted by atomic mass is 35.5. The highest BCUT2D eigenvalue weighted by Gasteiger charge is 2.29. The normalized spacial score (nSPS) is 13.4. The van der Waals surface area contributed by atoms with Gasteiger partial charge in [0.15, 0.2) is 0 Å². The summed E-state index contributed by atoms with van der Waals surface area (Å²) in [6.45, 7) is 12.1. The lowest BCUT2D eigenvalue weighted by atomic mass is 9.97. The lowest BCUT2D eigenvalue weighted by molar-refractivity contribution is -0.131. The van der Waals surface area contributed by atoms with Crippen LogP contribution in [0.3, 0.4) is 0 Å². The molecule has 1 amide bonds. The number of nitrogens with zero attached hydrogens (tertiary/aromatic N) is 1. The van der Waals surface area contributed by atoms with Crippen LogP contribution < -0.4 is 10.6 Å². The van der Waals surface area contributed by atoms with Crippen molar-refractivity contribution in [2.75, 3.05) is 30.3 Å². The van der Waals surface area contributed by atoms with E-state index in [-0.39, 0.29) is 16.7 Å². The van der Waals surface area contributed by atoms with Crippen LogP contribution in [0, 0.1) is 12.8 Å². The maximum atomic E-state index is 11.8. The molecule has 0 aliphatic carbocycles. The summed E-state index contributed by atoms with van der Waals surface area (Å²) in [7, 11) is 0. The SMILES string of the molecule is C=CC(=O)N1CC(CNc2cc(Cl)c(-c3ccc(Cl)c(O)c3)cc2Nc2c(C)cccc2C(C)C)C1. The number of hydrogen-bond donors (Lipinski definition) is 3. The molecular formula is C29H31Cl2N3O2. The predicted molar refractivity (Wildman–Crippen MR) is 151 cm³/mol. The summed E-state index contributed by atoms with van der Waals surface area (Å²) in [5.74, 6) is 0.657. The fraction of sp³-hybridized carbons (Fsp3) is 0.276. The van der Waals surface area contributed by atoms with Crippen molar-refractivity contribution in [1.82, 2.24) is 4.90 Å². The van der Waals surface area contributed by atoms with E-state index in [1.165, 1.54) is 11.6 Å². The first-order chi connectivity index (χ1) is 17.2. The van der Waals surface area contributed by atoms with Crippen LogP contribution in [-0.2, 0) is 4.79 Å². The van der Waals surface area contributed by atoms with Gasteiger partial charge in [-0.2, -0.15) is 0 Å². The zero-order valence-electron chi connectivity index (χ0n) is 20.7. The number of carbonyl (C=O) groups is 1. The molecule has 5 nitrogen and oxygen atoms in total. The molecule has 1 fully saturated rings. The first-order valence-electron chi connectivity index (χ1n) is 12.0. The van der Waals surface area contributed by atoms with Gasteiger partial charge in [-0.1, -0.05) is 67.9 Å². The molecule has 0 bridgehead atoms. The van der Waals surface area contributed by atoms with Gasteiger partial charge in [-0.05, 0) is 59.9 Å². The van der Waals surface area contributed by atoms with Crippen molar-refractivity contribution >= 4 is 46.2 Å². The van der Waals surface area contributed by atoms with Crippen molar-refractivity contribution in [2.45, 2.75) is 26.7 Å². The third kappa shape index (κ3) is 5.48. The number of aryl methyl sites for hydroxylation is 1. The van der Waals surface area contributed by atoms with Gasteiger partial charge < -0.3 is 20.6 Å². The van der Waals surface area contributed by atoms with E-state index < -0.39 is 0 Å². The van der Waals surface area contributed by atoms with E-state index in [1.807, 2.05) is 18.2 Å². The fourth-order valence-corrected chi connectivity index (χ4v) is 4.85. The van der Waals surface area contributed by atoms with E-state index in [0.29, 0.717) is 36.5 Å². The Hall–Kier alpha value is -3.15. The molecule has 1 saturated heterocycles. The van der Waals surface area contributed by atoms with Gasteiger partial charge in [0.1, 0.15) is 5.75 Å². The molecule has 0 atom stereocenters. The van der Waals surface area contributed by atoms with Crippen molar-refractivity contribution in [3.63, 3.8) is 0 Å². The quantitative estimate of drug-likeness (QED) is 0.266. The molecule has 0 aromatic heterocycles. The molecule has 0 unspecified atom stereocenters. The van der Waals surface area contributed by atoms with Crippen molar-refractivity contribution in [2.24, 2.45) is 5.92 Å². The summed E-state index contributed by atoms with van der Waals surface area (Å²) >= 11 is 12.8. The molecule has 3 N–H and O–H groups in total. The summed E-state index contributed by atoms with van der Waals surface area (Å²) in [5, 5.41) is 18.2. The molecule has 1 aliphatic heterocycles. The summed E-state index contributed by atoms with van der Waals surface area (Å²) in [4.78, 5) is 13.6. The molecule has 0 radical (unpaired) electrons. The van der Waals surface area contributed by atoms with Crippen LogP contribution >= 0.6 is 23.2 Å². The number of phenols is 1. The first-order valence-corrected chi connectivity index (χ1v) is 12.8. The lowest BCUT2D eigenvalue weighted by Crippen LogP contribution is -2.51. The molecule has 4 rings (SSSR count). The number of benzene rings is 3. The van der Waals surface area contributed by atoms with E-state index in [0.717, 1.165) is 33.8 Å². The smallest absolute Gasteiger partial charge is 0.245 e. The van der Waals surface area contributed by atoms with Gasteiger partial charge in [0.05, 0.1) is 21.4 Å². The van der Waals surface area contributed by atoms with Gasteiger partial charge in [-0.3, -0.25) is 4.79 Å². The van der Waals surface area contributed by atoms with E-state index in [4.69, 9.17) is 23.2 Å². The van der Waals surface area contributed by atoms with Crippen molar-refractivity contribution < 1.29 is 9.90 Å². The zero-order chi connectivity index (χ0) is 26.0. The lowest BCUT2D eigenvalue weighted by Gasteiger charge is -2.39. The van der Waals surface area contributed by atoms with Crippen LogP contribution in [0.25, 0.3) is 11.1 Å². The monoisotopic (exact) mass is 523 g/mol. The van der Waals surface area contributed by atoms with Gasteiger partial charge in [-0.15, -0.1) is 0 Å². The van der Waals surface area contributed by atoms with Gasteiger partial charge >= 0.3 is 0 Å². The highest BCUT2D eigenvalue weighted by Crippen LogP contribution is 2.41. The Balaban J connectivity index is 1.69. The first kappa shape index (κ1) is 25.9. The van der Waals surface area contributed by atoms with Crippen LogP contribution in [0.15, 0.2) is 61.2 Å². The third-order valence-corrected chi connectivity index (χ3v) is 7.21. The predicted octanol–water partition coefficient (Wildman–Crippen LogP) is 7.60. The standard InChI is InChI=1S/C29H31Cl2N3O2/c1-5-28(36)34-15-19(16-34)14-32-25-13-24(31)22(20-9-10-23(30)27(35)11-20)12-26(25)33-29-18(4)7-6-8-21(29)17(2)3/h5-13,17,19,32-33,35H,1,14-16H2,2-4H3. The Morgan fingerprint density at radius 3 is 2.56 bits per heavy atom. The van der Waals surface area contributed by atoms with Crippen molar-refractivity contribution in [3.8, 4) is 16.9 Å². The number of halogens is 2. The van der Waals surface area contributed by atoms with E-state index >= 15 is 0 Å². The number of aromatic hydroxyl groups is 1. The fourth-order valence-electron chi connectivity index (χ4n) is 4.46. The average molecular weight is 524 g/mol. The number of likely N-dealkylation sites (tertiary alicyclic amines) is 1. The Labute approximate surface area is 222 Å². The number of amides is 1. The second-order valence-electron chi connectivity index (χ2n) is 9.56. The zero-order valence-corrected chi connectivity index (χ0v) is 22.2. The molecule has 0 saturated carbocycles. The maximum Gasteiger partial charge on any atom is 0.245 e. The molecular weight excluding hydrogens is 493 g/mol. The number of phenolic OH excluding ortho intramolecular Hbond substituents is 1. The number of nitrogens with one attached hydrogen (secondary N) is 2. The minimum absolute atomic E-state index is 0.00607. The number of carbonyl (C=O) groups excluding carboxylic acids is 1. The molecule has 36 heavy (non-hydrogen) atoms. The van der Waals surface area contributed by atoms with Gasteiger partial charge in [-0.25, -0.2) is 0 Å². The molecule has 3 aromatic carbocycles. The van der Waals surface area contributed by atoms with E-state index in [2.05, 4.69) is 56.2 Å². The second kappa shape index (κ2) is 10.9. The van der Waals surface area contributed by atoms with Gasteiger partial charge in [0, 0.05) is 36.8 Å². The molecule has 1 aliphatic rings. The third-order valence-electron chi connectivity index (χ3n) is 6.58. The van der Waals surface area contributed by atoms with E-state index in [9.17, 15) is 9.90 Å². The van der Waals surface area contributed by atoms with Gasteiger partial charge in [0.25, 0.3) is 0 Å². The molecule has 1 heterocycles. The summed E-state index contributed by atoms with van der Waals surface area (Å²) < 4.78 is 0. The maximum absolute atomic E-state index is 11.8. The Kier molecular flexibility index (Phi) is 7.82. The minimum atomic E-state index is -0.0343.